The van der Waals surface area contributed by atoms with Crippen LogP contribution < -0.4 is 0 Å². The van der Waals surface area contributed by atoms with Crippen molar-refractivity contribution < 1.29 is 28.0 Å². The molecular formula is C18H12ClF2NO5. The van der Waals surface area contributed by atoms with E-state index < -0.39 is 40.5 Å². The monoisotopic (exact) mass is 395 g/mol. The van der Waals surface area contributed by atoms with Gasteiger partial charge in [0.05, 0.1) is 4.92 Å². The highest BCUT2D eigenvalue weighted by Gasteiger charge is 2.38. The Morgan fingerprint density at radius 2 is 1.85 bits per heavy atom. The van der Waals surface area contributed by atoms with Gasteiger partial charge in [-0.15, -0.1) is 0 Å². The van der Waals surface area contributed by atoms with Crippen LogP contribution in [0.5, 0.6) is 0 Å². The fourth-order valence-electron chi connectivity index (χ4n) is 2.08. The van der Waals surface area contributed by atoms with E-state index in [1.54, 1.807) is 0 Å². The van der Waals surface area contributed by atoms with Crippen molar-refractivity contribution >= 4 is 29.0 Å². The Bertz CT molecular complexity index is 900. The molecule has 0 radical (unpaired) electrons. The van der Waals surface area contributed by atoms with Crippen LogP contribution in [-0.2, 0) is 15.5 Å². The van der Waals surface area contributed by atoms with Crippen LogP contribution in [0.3, 0.4) is 0 Å². The summed E-state index contributed by atoms with van der Waals surface area (Å²) in [6.07, 6.45) is 1.51. The molecule has 0 saturated carbocycles. The molecule has 0 aliphatic rings. The SMILES string of the molecule is O=C(OC/C=C/C(=O)C(F)(F)c1ccccc1)c1cc(Cl)ccc1[N+](=O)[O-]. The molecule has 0 N–H and O–H groups in total. The van der Waals surface area contributed by atoms with Crippen molar-refractivity contribution in [3.8, 4) is 0 Å². The predicted octanol–water partition coefficient (Wildman–Crippen LogP) is 4.32. The third kappa shape index (κ3) is 4.95. The van der Waals surface area contributed by atoms with E-state index in [4.69, 9.17) is 16.3 Å². The number of carbonyl (C=O) groups excluding carboxylic acids is 2. The fraction of sp³-hybridized carbons (Fsp3) is 0.111. The highest BCUT2D eigenvalue weighted by Crippen LogP contribution is 2.29. The van der Waals surface area contributed by atoms with Gasteiger partial charge in [0.1, 0.15) is 12.2 Å². The van der Waals surface area contributed by atoms with Crippen molar-refractivity contribution in [2.75, 3.05) is 6.61 Å². The average Bonchev–Trinajstić information content (AvgIpc) is 2.65. The Balaban J connectivity index is 2.02. The highest BCUT2D eigenvalue weighted by atomic mass is 35.5. The Morgan fingerprint density at radius 1 is 1.19 bits per heavy atom. The Kier molecular flexibility index (Phi) is 6.36. The second kappa shape index (κ2) is 8.50. The summed E-state index contributed by atoms with van der Waals surface area (Å²) in [7, 11) is 0. The number of ketones is 1. The zero-order valence-electron chi connectivity index (χ0n) is 13.6. The molecule has 0 saturated heterocycles. The molecule has 6 nitrogen and oxygen atoms in total. The van der Waals surface area contributed by atoms with Gasteiger partial charge in [0.15, 0.2) is 0 Å². The first-order valence-corrected chi connectivity index (χ1v) is 7.86. The van der Waals surface area contributed by atoms with E-state index in [0.717, 1.165) is 30.3 Å². The number of halogens is 3. The van der Waals surface area contributed by atoms with Gasteiger partial charge >= 0.3 is 11.9 Å². The van der Waals surface area contributed by atoms with E-state index in [-0.39, 0.29) is 10.6 Å². The number of hydrogen-bond acceptors (Lipinski definition) is 5. The van der Waals surface area contributed by atoms with Gasteiger partial charge in [0, 0.05) is 16.7 Å². The summed E-state index contributed by atoms with van der Waals surface area (Å²) in [6.45, 7) is -0.529. The molecule has 0 aliphatic carbocycles. The normalized spacial score (nSPS) is 11.4. The van der Waals surface area contributed by atoms with E-state index >= 15 is 0 Å². The first kappa shape index (κ1) is 20.2. The summed E-state index contributed by atoms with van der Waals surface area (Å²) in [4.78, 5) is 33.7. The number of ether oxygens (including phenoxy) is 1. The van der Waals surface area contributed by atoms with Crippen LogP contribution in [0.1, 0.15) is 15.9 Å². The van der Waals surface area contributed by atoms with Gasteiger partial charge in [-0.2, -0.15) is 8.78 Å². The van der Waals surface area contributed by atoms with Crippen molar-refractivity contribution in [3.05, 3.63) is 86.9 Å². The van der Waals surface area contributed by atoms with E-state index in [1.165, 1.54) is 24.3 Å². The van der Waals surface area contributed by atoms with Crippen LogP contribution in [0.25, 0.3) is 0 Å². The second-order valence-electron chi connectivity index (χ2n) is 5.22. The van der Waals surface area contributed by atoms with Crippen LogP contribution in [0, 0.1) is 10.1 Å². The van der Waals surface area contributed by atoms with E-state index in [9.17, 15) is 28.5 Å². The molecule has 0 aliphatic heterocycles. The molecule has 0 heterocycles. The van der Waals surface area contributed by atoms with Crippen LogP contribution in [0.4, 0.5) is 14.5 Å². The van der Waals surface area contributed by atoms with Gasteiger partial charge in [0.25, 0.3) is 5.69 Å². The molecule has 0 amide bonds. The maximum absolute atomic E-state index is 14.0. The van der Waals surface area contributed by atoms with Crippen LogP contribution in [-0.4, -0.2) is 23.3 Å². The number of allylic oxidation sites excluding steroid dienone is 1. The maximum Gasteiger partial charge on any atom is 0.345 e. The molecule has 140 valence electrons. The van der Waals surface area contributed by atoms with Crippen molar-refractivity contribution in [2.45, 2.75) is 5.92 Å². The average molecular weight is 396 g/mol. The van der Waals surface area contributed by atoms with Crippen LogP contribution in [0.2, 0.25) is 5.02 Å². The standard InChI is InChI=1S/C18H12ClF2NO5/c19-13-8-9-15(22(25)26)14(11-13)17(24)27-10-4-7-16(23)18(20,21)12-5-2-1-3-6-12/h1-9,11H,10H2/b7-4+. The highest BCUT2D eigenvalue weighted by molar-refractivity contribution is 6.31. The molecule has 0 spiro atoms. The number of nitro groups is 1. The molecule has 2 aromatic rings. The summed E-state index contributed by atoms with van der Waals surface area (Å²) in [5.74, 6) is -6.29. The first-order valence-electron chi connectivity index (χ1n) is 7.49. The van der Waals surface area contributed by atoms with E-state index in [1.807, 2.05) is 0 Å². The molecule has 0 aromatic heterocycles. The topological polar surface area (TPSA) is 86.5 Å². The number of rotatable bonds is 7. The number of benzene rings is 2. The summed E-state index contributed by atoms with van der Waals surface area (Å²) in [5.41, 5.74) is -1.37. The Hall–Kier alpha value is -3.13. The van der Waals surface area contributed by atoms with Gasteiger partial charge in [-0.3, -0.25) is 14.9 Å². The predicted molar refractivity (Wildman–Crippen MR) is 92.9 cm³/mol. The van der Waals surface area contributed by atoms with Crippen molar-refractivity contribution in [2.24, 2.45) is 0 Å². The third-order valence-corrected chi connectivity index (χ3v) is 3.64. The van der Waals surface area contributed by atoms with Crippen LogP contribution in [0.15, 0.2) is 60.7 Å². The second-order valence-corrected chi connectivity index (χ2v) is 5.66. The molecule has 27 heavy (non-hydrogen) atoms. The molecule has 0 fully saturated rings. The number of hydrogen-bond donors (Lipinski definition) is 0. The molecule has 2 aromatic carbocycles. The van der Waals surface area contributed by atoms with Crippen LogP contribution >= 0.6 is 11.6 Å². The molecule has 2 rings (SSSR count). The lowest BCUT2D eigenvalue weighted by Gasteiger charge is -2.12. The van der Waals surface area contributed by atoms with Gasteiger partial charge in [-0.1, -0.05) is 41.9 Å². The first-order chi connectivity index (χ1) is 12.7. The number of alkyl halides is 2. The number of esters is 1. The minimum Gasteiger partial charge on any atom is -0.458 e. The van der Waals surface area contributed by atoms with Crippen molar-refractivity contribution in [3.63, 3.8) is 0 Å². The lowest BCUT2D eigenvalue weighted by Crippen LogP contribution is -2.24. The zero-order valence-corrected chi connectivity index (χ0v) is 14.4. The van der Waals surface area contributed by atoms with E-state index in [2.05, 4.69) is 0 Å². The minimum atomic E-state index is -3.73. The number of nitrogens with zero attached hydrogens (tertiary/aromatic N) is 1. The summed E-state index contributed by atoms with van der Waals surface area (Å²) < 4.78 is 32.7. The summed E-state index contributed by atoms with van der Waals surface area (Å²) in [6, 6.07) is 9.85. The van der Waals surface area contributed by atoms with Gasteiger partial charge in [0.2, 0.25) is 5.78 Å². The summed E-state index contributed by atoms with van der Waals surface area (Å²) in [5, 5.41) is 11.0. The Labute approximate surface area is 157 Å². The van der Waals surface area contributed by atoms with E-state index in [0.29, 0.717) is 6.08 Å². The third-order valence-electron chi connectivity index (χ3n) is 3.40. The largest absolute Gasteiger partial charge is 0.458 e. The zero-order chi connectivity index (χ0) is 20.0. The maximum atomic E-state index is 14.0. The number of nitro benzene ring substituents is 1. The fourth-order valence-corrected chi connectivity index (χ4v) is 2.25. The van der Waals surface area contributed by atoms with Crippen molar-refractivity contribution in [1.82, 2.24) is 0 Å². The molecule has 0 bridgehead atoms. The minimum absolute atomic E-state index is 0.0840. The molecule has 0 atom stereocenters. The van der Waals surface area contributed by atoms with Crippen molar-refractivity contribution in [1.29, 1.82) is 0 Å². The quantitative estimate of drug-likeness (QED) is 0.301. The lowest BCUT2D eigenvalue weighted by atomic mass is 10.0. The van der Waals surface area contributed by atoms with Gasteiger partial charge in [-0.05, 0) is 24.3 Å². The van der Waals surface area contributed by atoms with Gasteiger partial charge < -0.3 is 4.74 Å². The smallest absolute Gasteiger partial charge is 0.345 e. The Morgan fingerprint density at radius 3 is 2.48 bits per heavy atom. The lowest BCUT2D eigenvalue weighted by molar-refractivity contribution is -0.385. The summed E-state index contributed by atoms with van der Waals surface area (Å²) >= 11 is 5.70. The molecular weight excluding hydrogens is 384 g/mol. The molecule has 0 unspecified atom stereocenters. The number of carbonyl (C=O) groups is 2. The molecule has 9 heteroatoms. The van der Waals surface area contributed by atoms with Gasteiger partial charge in [-0.25, -0.2) is 4.79 Å².